The lowest BCUT2D eigenvalue weighted by atomic mass is 10.2. The topological polar surface area (TPSA) is 83.1 Å². The van der Waals surface area contributed by atoms with Gasteiger partial charge in [0, 0.05) is 31.0 Å². The highest BCUT2D eigenvalue weighted by Gasteiger charge is 2.21. The zero-order chi connectivity index (χ0) is 13.5. The summed E-state index contributed by atoms with van der Waals surface area (Å²) in [7, 11) is 0. The van der Waals surface area contributed by atoms with Gasteiger partial charge in [-0.05, 0) is 31.5 Å². The van der Waals surface area contributed by atoms with Gasteiger partial charge >= 0.3 is 0 Å². The summed E-state index contributed by atoms with van der Waals surface area (Å²) in [5.41, 5.74) is 0.712. The molecule has 6 heteroatoms. The Morgan fingerprint density at radius 2 is 2.16 bits per heavy atom. The minimum absolute atomic E-state index is 0.0192. The Hall–Kier alpha value is -1.95. The minimum Gasteiger partial charge on any atom is -0.354 e. The van der Waals surface area contributed by atoms with Gasteiger partial charge in [0.25, 0.3) is 0 Å². The Morgan fingerprint density at radius 1 is 1.37 bits per heavy atom. The second-order valence-electron chi connectivity index (χ2n) is 4.47. The van der Waals surface area contributed by atoms with Crippen molar-refractivity contribution in [3.05, 3.63) is 24.5 Å². The number of pyridine rings is 1. The van der Waals surface area contributed by atoms with E-state index in [1.54, 1.807) is 24.5 Å². The van der Waals surface area contributed by atoms with Gasteiger partial charge in [-0.2, -0.15) is 0 Å². The van der Waals surface area contributed by atoms with E-state index in [1.807, 2.05) is 0 Å². The summed E-state index contributed by atoms with van der Waals surface area (Å²) in [6, 6.07) is 3.35. The first-order valence-corrected chi connectivity index (χ1v) is 6.46. The standard InChI is InChI=1S/C13H18N4O2/c18-12(17-10-3-7-14-8-4-10)5-9-16-13(19)11-2-1-6-15-11/h3-4,7-8,11,15H,1-2,5-6,9H2,(H,16,19)(H,14,17,18). The first-order chi connectivity index (χ1) is 9.25. The van der Waals surface area contributed by atoms with Crippen molar-refractivity contribution in [3.8, 4) is 0 Å². The Labute approximate surface area is 112 Å². The molecule has 19 heavy (non-hydrogen) atoms. The molecule has 1 atom stereocenters. The first kappa shape index (κ1) is 13.5. The lowest BCUT2D eigenvalue weighted by Gasteiger charge is -2.10. The largest absolute Gasteiger partial charge is 0.354 e. The molecule has 102 valence electrons. The van der Waals surface area contributed by atoms with E-state index in [9.17, 15) is 9.59 Å². The third kappa shape index (κ3) is 4.33. The number of amides is 2. The van der Waals surface area contributed by atoms with Crippen LogP contribution in [0.4, 0.5) is 5.69 Å². The maximum absolute atomic E-state index is 11.7. The van der Waals surface area contributed by atoms with Crippen LogP contribution in [0.2, 0.25) is 0 Å². The second-order valence-corrected chi connectivity index (χ2v) is 4.47. The van der Waals surface area contributed by atoms with E-state index in [0.717, 1.165) is 19.4 Å². The van der Waals surface area contributed by atoms with Crippen LogP contribution >= 0.6 is 0 Å². The van der Waals surface area contributed by atoms with Crippen LogP contribution in [-0.4, -0.2) is 35.9 Å². The van der Waals surface area contributed by atoms with Crippen molar-refractivity contribution in [3.63, 3.8) is 0 Å². The van der Waals surface area contributed by atoms with E-state index < -0.39 is 0 Å². The molecule has 0 aromatic carbocycles. The van der Waals surface area contributed by atoms with Crippen LogP contribution in [0.3, 0.4) is 0 Å². The summed E-state index contributed by atoms with van der Waals surface area (Å²) in [6.45, 7) is 1.24. The number of hydrogen-bond acceptors (Lipinski definition) is 4. The Bertz CT molecular complexity index is 430. The molecule has 6 nitrogen and oxygen atoms in total. The molecule has 1 aromatic rings. The predicted molar refractivity (Wildman–Crippen MR) is 71.5 cm³/mol. The van der Waals surface area contributed by atoms with Gasteiger partial charge < -0.3 is 16.0 Å². The molecular formula is C13H18N4O2. The van der Waals surface area contributed by atoms with Gasteiger partial charge in [-0.25, -0.2) is 0 Å². The minimum atomic E-state index is -0.120. The van der Waals surface area contributed by atoms with Gasteiger partial charge in [0.05, 0.1) is 6.04 Å². The molecule has 1 aliphatic heterocycles. The monoisotopic (exact) mass is 262 g/mol. The van der Waals surface area contributed by atoms with E-state index >= 15 is 0 Å². The number of anilines is 1. The van der Waals surface area contributed by atoms with Crippen molar-refractivity contribution >= 4 is 17.5 Å². The number of rotatable bonds is 5. The SMILES string of the molecule is O=C(CCNC(=O)C1CCCN1)Nc1ccncc1. The van der Waals surface area contributed by atoms with Crippen molar-refractivity contribution in [2.75, 3.05) is 18.4 Å². The molecule has 0 radical (unpaired) electrons. The number of aromatic nitrogens is 1. The molecule has 0 bridgehead atoms. The summed E-state index contributed by atoms with van der Waals surface area (Å²) in [6.07, 6.45) is 5.39. The van der Waals surface area contributed by atoms with Gasteiger partial charge in [0.15, 0.2) is 0 Å². The second kappa shape index (κ2) is 6.84. The maximum Gasteiger partial charge on any atom is 0.237 e. The predicted octanol–water partition coefficient (Wildman–Crippen LogP) is 0.278. The molecule has 3 N–H and O–H groups in total. The fourth-order valence-electron chi connectivity index (χ4n) is 1.99. The summed E-state index contributed by atoms with van der Waals surface area (Å²) >= 11 is 0. The average molecular weight is 262 g/mol. The van der Waals surface area contributed by atoms with Crippen LogP contribution in [0.1, 0.15) is 19.3 Å². The van der Waals surface area contributed by atoms with Gasteiger partial charge in [0.2, 0.25) is 11.8 Å². The quantitative estimate of drug-likeness (QED) is 0.711. The lowest BCUT2D eigenvalue weighted by molar-refractivity contribution is -0.122. The van der Waals surface area contributed by atoms with Crippen molar-refractivity contribution < 1.29 is 9.59 Å². The fraction of sp³-hybridized carbons (Fsp3) is 0.462. The van der Waals surface area contributed by atoms with Crippen LogP contribution in [0.5, 0.6) is 0 Å². The number of nitrogens with zero attached hydrogens (tertiary/aromatic N) is 1. The van der Waals surface area contributed by atoms with Crippen molar-refractivity contribution in [2.45, 2.75) is 25.3 Å². The molecule has 1 aromatic heterocycles. The molecule has 1 fully saturated rings. The van der Waals surface area contributed by atoms with E-state index in [4.69, 9.17) is 0 Å². The van der Waals surface area contributed by atoms with Gasteiger partial charge in [-0.1, -0.05) is 0 Å². The molecular weight excluding hydrogens is 244 g/mol. The number of hydrogen-bond donors (Lipinski definition) is 3. The van der Waals surface area contributed by atoms with E-state index in [0.29, 0.717) is 12.2 Å². The Morgan fingerprint density at radius 3 is 2.84 bits per heavy atom. The van der Waals surface area contributed by atoms with Crippen LogP contribution < -0.4 is 16.0 Å². The highest BCUT2D eigenvalue weighted by Crippen LogP contribution is 2.05. The molecule has 2 amide bonds. The van der Waals surface area contributed by atoms with Gasteiger partial charge in [-0.3, -0.25) is 14.6 Å². The van der Waals surface area contributed by atoms with E-state index in [2.05, 4.69) is 20.9 Å². The third-order valence-corrected chi connectivity index (χ3v) is 2.99. The number of carbonyl (C=O) groups excluding carboxylic acids is 2. The molecule has 1 aliphatic rings. The highest BCUT2D eigenvalue weighted by molar-refractivity contribution is 5.91. The van der Waals surface area contributed by atoms with E-state index in [1.165, 1.54) is 0 Å². The Kier molecular flexibility index (Phi) is 4.85. The summed E-state index contributed by atoms with van der Waals surface area (Å²) in [5.74, 6) is -0.139. The lowest BCUT2D eigenvalue weighted by Crippen LogP contribution is -2.41. The molecule has 2 heterocycles. The Balaban J connectivity index is 1.65. The molecule has 1 saturated heterocycles. The molecule has 2 rings (SSSR count). The van der Waals surface area contributed by atoms with Crippen LogP contribution in [0, 0.1) is 0 Å². The van der Waals surface area contributed by atoms with Crippen LogP contribution in [-0.2, 0) is 9.59 Å². The zero-order valence-corrected chi connectivity index (χ0v) is 10.7. The molecule has 1 unspecified atom stereocenters. The molecule has 0 aliphatic carbocycles. The number of nitrogens with one attached hydrogen (secondary N) is 3. The van der Waals surface area contributed by atoms with Crippen LogP contribution in [0.25, 0.3) is 0 Å². The average Bonchev–Trinajstić information content (AvgIpc) is 2.93. The third-order valence-electron chi connectivity index (χ3n) is 2.99. The normalized spacial score (nSPS) is 18.0. The maximum atomic E-state index is 11.7. The van der Waals surface area contributed by atoms with Gasteiger partial charge in [-0.15, -0.1) is 0 Å². The summed E-state index contributed by atoms with van der Waals surface area (Å²) < 4.78 is 0. The number of carbonyl (C=O) groups is 2. The highest BCUT2D eigenvalue weighted by atomic mass is 16.2. The van der Waals surface area contributed by atoms with Crippen molar-refractivity contribution in [2.24, 2.45) is 0 Å². The summed E-state index contributed by atoms with van der Waals surface area (Å²) in [4.78, 5) is 27.2. The fourth-order valence-corrected chi connectivity index (χ4v) is 1.99. The van der Waals surface area contributed by atoms with Crippen molar-refractivity contribution in [1.29, 1.82) is 0 Å². The smallest absolute Gasteiger partial charge is 0.237 e. The van der Waals surface area contributed by atoms with Crippen LogP contribution in [0.15, 0.2) is 24.5 Å². The molecule has 0 saturated carbocycles. The van der Waals surface area contributed by atoms with Gasteiger partial charge in [0.1, 0.15) is 0 Å². The summed E-state index contributed by atoms with van der Waals surface area (Å²) in [5, 5.41) is 8.62. The zero-order valence-electron chi connectivity index (χ0n) is 10.7. The van der Waals surface area contributed by atoms with Crippen molar-refractivity contribution in [1.82, 2.24) is 15.6 Å². The van der Waals surface area contributed by atoms with E-state index in [-0.39, 0.29) is 24.3 Å². The molecule has 0 spiro atoms. The first-order valence-electron chi connectivity index (χ1n) is 6.46.